The summed E-state index contributed by atoms with van der Waals surface area (Å²) in [4.78, 5) is 20.3. The van der Waals surface area contributed by atoms with Crippen molar-refractivity contribution in [2.45, 2.75) is 65.2 Å². The maximum absolute atomic E-state index is 10.1. The van der Waals surface area contributed by atoms with Crippen LogP contribution in [0.15, 0.2) is 12.2 Å². The molecule has 0 aliphatic carbocycles. The number of hydrogen-bond donors (Lipinski definition) is 2. The molecule has 0 aromatic carbocycles. The predicted octanol–water partition coefficient (Wildman–Crippen LogP) is 3.86. The van der Waals surface area contributed by atoms with Gasteiger partial charge in [0.05, 0.1) is 0 Å². The number of unbranched alkanes of at least 4 members (excludes halogenated alkanes) is 5. The van der Waals surface area contributed by atoms with Crippen LogP contribution in [0.3, 0.4) is 0 Å². The fourth-order valence-electron chi connectivity index (χ4n) is 1.26. The third-order valence-corrected chi connectivity index (χ3v) is 2.36. The summed E-state index contributed by atoms with van der Waals surface area (Å²) in [5, 5.41) is 16.7. The summed E-state index contributed by atoms with van der Waals surface area (Å²) >= 11 is 0. The van der Waals surface area contributed by atoms with E-state index < -0.39 is 11.9 Å². The molecule has 0 unspecified atom stereocenters. The fraction of sp³-hybridized carbons (Fsp3) is 0.714. The van der Waals surface area contributed by atoms with Gasteiger partial charge in [-0.15, -0.1) is 0 Å². The maximum atomic E-state index is 10.1. The van der Waals surface area contributed by atoms with Gasteiger partial charge in [0, 0.05) is 12.8 Å². The number of carboxylic acid groups (broad SMARTS) is 2. The Bertz CT molecular complexity index is 210. The highest BCUT2D eigenvalue weighted by molar-refractivity contribution is 5.66. The van der Waals surface area contributed by atoms with E-state index in [-0.39, 0.29) is 12.8 Å². The van der Waals surface area contributed by atoms with Gasteiger partial charge < -0.3 is 10.2 Å². The van der Waals surface area contributed by atoms with Crippen LogP contribution in [-0.4, -0.2) is 22.2 Å². The quantitative estimate of drug-likeness (QED) is 0.486. The first kappa shape index (κ1) is 19.0. The molecule has 0 aromatic rings. The zero-order valence-corrected chi connectivity index (χ0v) is 11.5. The lowest BCUT2D eigenvalue weighted by molar-refractivity contribution is -0.138. The summed E-state index contributed by atoms with van der Waals surface area (Å²) in [5.74, 6) is -1.48. The molecular weight excluding hydrogens is 232 g/mol. The molecule has 0 rings (SSSR count). The van der Waals surface area contributed by atoms with E-state index in [0.29, 0.717) is 0 Å². The second kappa shape index (κ2) is 15.7. The molecule has 4 heteroatoms. The zero-order chi connectivity index (χ0) is 14.2. The minimum absolute atomic E-state index is 0.245. The molecule has 2 N–H and O–H groups in total. The van der Waals surface area contributed by atoms with Gasteiger partial charge in [0.1, 0.15) is 0 Å². The van der Waals surface area contributed by atoms with E-state index in [1.807, 2.05) is 26.0 Å². The smallest absolute Gasteiger partial charge is 0.303 e. The molecule has 0 aliphatic heterocycles. The van der Waals surface area contributed by atoms with Gasteiger partial charge in [-0.3, -0.25) is 9.59 Å². The van der Waals surface area contributed by atoms with Gasteiger partial charge in [-0.25, -0.2) is 0 Å². The van der Waals surface area contributed by atoms with Crippen molar-refractivity contribution in [1.29, 1.82) is 0 Å². The van der Waals surface area contributed by atoms with E-state index in [2.05, 4.69) is 0 Å². The van der Waals surface area contributed by atoms with Crippen LogP contribution in [0.25, 0.3) is 0 Å². The molecule has 4 nitrogen and oxygen atoms in total. The zero-order valence-electron chi connectivity index (χ0n) is 11.5. The highest BCUT2D eigenvalue weighted by atomic mass is 16.4. The minimum atomic E-state index is -0.740. The first-order valence-corrected chi connectivity index (χ1v) is 6.55. The highest BCUT2D eigenvalue weighted by Crippen LogP contribution is 2.08. The van der Waals surface area contributed by atoms with E-state index in [9.17, 15) is 9.59 Å². The van der Waals surface area contributed by atoms with Crippen molar-refractivity contribution in [3.05, 3.63) is 12.2 Å². The number of hydrogen-bond acceptors (Lipinski definition) is 2. The highest BCUT2D eigenvalue weighted by Gasteiger charge is 1.98. The first-order valence-electron chi connectivity index (χ1n) is 6.55. The van der Waals surface area contributed by atoms with Gasteiger partial charge in [-0.05, 0) is 26.7 Å². The van der Waals surface area contributed by atoms with Crippen LogP contribution in [0.4, 0.5) is 0 Å². The van der Waals surface area contributed by atoms with E-state index in [1.54, 1.807) is 0 Å². The van der Waals surface area contributed by atoms with E-state index in [0.717, 1.165) is 38.5 Å². The van der Waals surface area contributed by atoms with Crippen molar-refractivity contribution < 1.29 is 19.8 Å². The first-order chi connectivity index (χ1) is 8.54. The summed E-state index contributed by atoms with van der Waals surface area (Å²) in [6.45, 7) is 4.00. The molecule has 0 fully saturated rings. The van der Waals surface area contributed by atoms with Crippen LogP contribution in [-0.2, 0) is 9.59 Å². The van der Waals surface area contributed by atoms with Gasteiger partial charge in [0.15, 0.2) is 0 Å². The molecule has 0 aliphatic rings. The standard InChI is InChI=1S/C10H18O4.C4H8/c11-9(12)7-5-3-1-2-4-6-8-10(13)14;1-3-4-2/h1-8H2,(H,11,12)(H,13,14);3-4H,1-2H3/b;4-3+. The van der Waals surface area contributed by atoms with Gasteiger partial charge in [-0.2, -0.15) is 0 Å². The molecule has 0 bridgehead atoms. The van der Waals surface area contributed by atoms with Gasteiger partial charge in [0.25, 0.3) is 0 Å². The normalized spacial score (nSPS) is 9.89. The minimum Gasteiger partial charge on any atom is -0.481 e. The van der Waals surface area contributed by atoms with Crippen LogP contribution >= 0.6 is 0 Å². The molecular formula is C14H26O4. The second-order valence-electron chi connectivity index (χ2n) is 4.08. The van der Waals surface area contributed by atoms with E-state index in [4.69, 9.17) is 10.2 Å². The lowest BCUT2D eigenvalue weighted by Crippen LogP contribution is -1.94. The molecule has 0 aromatic heterocycles. The van der Waals surface area contributed by atoms with Crippen LogP contribution in [0.1, 0.15) is 65.2 Å². The lowest BCUT2D eigenvalue weighted by atomic mass is 10.1. The summed E-state index contributed by atoms with van der Waals surface area (Å²) in [7, 11) is 0. The second-order valence-corrected chi connectivity index (χ2v) is 4.08. The summed E-state index contributed by atoms with van der Waals surface area (Å²) < 4.78 is 0. The molecule has 0 atom stereocenters. The fourth-order valence-corrected chi connectivity index (χ4v) is 1.26. The number of allylic oxidation sites excluding steroid dienone is 2. The van der Waals surface area contributed by atoms with Crippen molar-refractivity contribution in [3.8, 4) is 0 Å². The summed E-state index contributed by atoms with van der Waals surface area (Å²) in [6.07, 6.45) is 9.82. The Hall–Kier alpha value is -1.32. The van der Waals surface area contributed by atoms with E-state index in [1.165, 1.54) is 0 Å². The van der Waals surface area contributed by atoms with Gasteiger partial charge in [-0.1, -0.05) is 37.8 Å². The van der Waals surface area contributed by atoms with Gasteiger partial charge >= 0.3 is 11.9 Å². The number of aliphatic carboxylic acids is 2. The summed E-state index contributed by atoms with van der Waals surface area (Å²) in [6, 6.07) is 0. The van der Waals surface area contributed by atoms with Crippen LogP contribution in [0, 0.1) is 0 Å². The number of carbonyl (C=O) groups is 2. The SMILES string of the molecule is C/C=C/C.O=C(O)CCCCCCCCC(=O)O. The predicted molar refractivity (Wildman–Crippen MR) is 72.7 cm³/mol. The third kappa shape index (κ3) is 24.1. The van der Waals surface area contributed by atoms with Crippen molar-refractivity contribution in [2.75, 3.05) is 0 Å². The third-order valence-electron chi connectivity index (χ3n) is 2.36. The average molecular weight is 258 g/mol. The Morgan fingerprint density at radius 1 is 0.722 bits per heavy atom. The topological polar surface area (TPSA) is 74.6 Å². The molecule has 0 heterocycles. The van der Waals surface area contributed by atoms with Crippen LogP contribution in [0.2, 0.25) is 0 Å². The largest absolute Gasteiger partial charge is 0.481 e. The number of carboxylic acids is 2. The maximum Gasteiger partial charge on any atom is 0.303 e. The Labute approximate surface area is 110 Å². The van der Waals surface area contributed by atoms with Crippen molar-refractivity contribution >= 4 is 11.9 Å². The average Bonchev–Trinajstić information content (AvgIpc) is 2.32. The molecule has 0 saturated heterocycles. The Kier molecular flexibility index (Phi) is 16.6. The number of rotatable bonds is 9. The Morgan fingerprint density at radius 3 is 1.22 bits per heavy atom. The Morgan fingerprint density at radius 2 is 1.00 bits per heavy atom. The van der Waals surface area contributed by atoms with E-state index >= 15 is 0 Å². The van der Waals surface area contributed by atoms with Gasteiger partial charge in [0.2, 0.25) is 0 Å². The van der Waals surface area contributed by atoms with Crippen molar-refractivity contribution in [3.63, 3.8) is 0 Å². The molecule has 0 saturated carbocycles. The van der Waals surface area contributed by atoms with Crippen LogP contribution in [0.5, 0.6) is 0 Å². The molecule has 0 spiro atoms. The van der Waals surface area contributed by atoms with Crippen molar-refractivity contribution in [1.82, 2.24) is 0 Å². The molecule has 0 radical (unpaired) electrons. The van der Waals surface area contributed by atoms with Crippen LogP contribution < -0.4 is 0 Å². The Balaban J connectivity index is 0. The molecule has 0 amide bonds. The molecule has 106 valence electrons. The molecule has 18 heavy (non-hydrogen) atoms. The summed E-state index contributed by atoms with van der Waals surface area (Å²) in [5.41, 5.74) is 0. The van der Waals surface area contributed by atoms with Crippen molar-refractivity contribution in [2.24, 2.45) is 0 Å². The lowest BCUT2D eigenvalue weighted by Gasteiger charge is -1.98. The monoisotopic (exact) mass is 258 g/mol.